The Hall–Kier alpha value is -3.21. The van der Waals surface area contributed by atoms with Gasteiger partial charge in [0, 0.05) is 28.9 Å². The van der Waals surface area contributed by atoms with E-state index in [0.717, 1.165) is 41.3 Å². The Morgan fingerprint density at radius 1 is 0.929 bits per heavy atom. The van der Waals surface area contributed by atoms with E-state index in [1.807, 2.05) is 81.4 Å². The highest BCUT2D eigenvalue weighted by atomic mass is 16.1. The number of rotatable bonds is 7. The molecule has 1 heterocycles. The zero-order valence-corrected chi connectivity index (χ0v) is 16.6. The van der Waals surface area contributed by atoms with Gasteiger partial charge in [-0.15, -0.1) is 0 Å². The van der Waals surface area contributed by atoms with E-state index >= 15 is 0 Å². The molecule has 0 aliphatic carbocycles. The maximum atomic E-state index is 12.3. The first-order chi connectivity index (χ1) is 13.6. The van der Waals surface area contributed by atoms with Crippen molar-refractivity contribution in [2.75, 3.05) is 10.6 Å². The van der Waals surface area contributed by atoms with E-state index < -0.39 is 0 Å². The Kier molecular flexibility index (Phi) is 6.37. The Bertz CT molecular complexity index is 936. The summed E-state index contributed by atoms with van der Waals surface area (Å²) in [5, 5.41) is 6.33. The number of nitrogens with one attached hydrogen (secondary N) is 2. The molecule has 3 aromatic rings. The van der Waals surface area contributed by atoms with E-state index in [-0.39, 0.29) is 11.8 Å². The van der Waals surface area contributed by atoms with Gasteiger partial charge in [0.05, 0.1) is 5.69 Å². The largest absolute Gasteiger partial charge is 0.340 e. The first-order valence-corrected chi connectivity index (χ1v) is 9.68. The van der Waals surface area contributed by atoms with Crippen molar-refractivity contribution >= 4 is 23.1 Å². The zero-order chi connectivity index (χ0) is 19.9. The van der Waals surface area contributed by atoms with Gasteiger partial charge in [-0.25, -0.2) is 9.97 Å². The lowest BCUT2D eigenvalue weighted by Crippen LogP contribution is -2.21. The van der Waals surface area contributed by atoms with Crippen molar-refractivity contribution < 1.29 is 4.79 Å². The summed E-state index contributed by atoms with van der Waals surface area (Å²) in [5.74, 6) is 1.51. The molecule has 5 heteroatoms. The lowest BCUT2D eigenvalue weighted by atomic mass is 10.0. The van der Waals surface area contributed by atoms with Crippen molar-refractivity contribution in [2.45, 2.75) is 33.6 Å². The fraction of sp³-hybridized carbons (Fsp3) is 0.261. The number of amides is 1. The normalized spacial score (nSPS) is 10.7. The highest BCUT2D eigenvalue weighted by Gasteiger charge is 2.14. The first kappa shape index (κ1) is 19.5. The predicted octanol–water partition coefficient (Wildman–Crippen LogP) is 5.57. The third kappa shape index (κ3) is 4.94. The number of anilines is 3. The molecule has 5 nitrogen and oxygen atoms in total. The highest BCUT2D eigenvalue weighted by Crippen LogP contribution is 2.24. The number of hydrogen-bond donors (Lipinski definition) is 2. The van der Waals surface area contributed by atoms with Gasteiger partial charge < -0.3 is 10.6 Å². The van der Waals surface area contributed by atoms with Crippen molar-refractivity contribution in [3.63, 3.8) is 0 Å². The Morgan fingerprint density at radius 3 is 2.36 bits per heavy atom. The van der Waals surface area contributed by atoms with Gasteiger partial charge in [-0.2, -0.15) is 0 Å². The summed E-state index contributed by atoms with van der Waals surface area (Å²) in [6.07, 6.45) is 1.67. The molecule has 0 aliphatic rings. The van der Waals surface area contributed by atoms with Crippen molar-refractivity contribution in [3.05, 3.63) is 66.5 Å². The number of benzene rings is 2. The summed E-state index contributed by atoms with van der Waals surface area (Å²) in [6.45, 7) is 5.95. The maximum Gasteiger partial charge on any atom is 0.227 e. The Morgan fingerprint density at radius 2 is 1.64 bits per heavy atom. The van der Waals surface area contributed by atoms with E-state index in [4.69, 9.17) is 0 Å². The van der Waals surface area contributed by atoms with Crippen LogP contribution in [0.4, 0.5) is 17.2 Å². The lowest BCUT2D eigenvalue weighted by molar-refractivity contribution is -0.120. The van der Waals surface area contributed by atoms with Crippen LogP contribution in [0.3, 0.4) is 0 Å². The number of carbonyl (C=O) groups excluding carboxylic acids is 1. The van der Waals surface area contributed by atoms with Gasteiger partial charge in [-0.1, -0.05) is 50.2 Å². The summed E-state index contributed by atoms with van der Waals surface area (Å²) in [5.41, 5.74) is 3.55. The molecule has 0 bridgehead atoms. The van der Waals surface area contributed by atoms with Gasteiger partial charge in [0.1, 0.15) is 11.6 Å². The summed E-state index contributed by atoms with van der Waals surface area (Å²) in [6, 6.07) is 19.6. The van der Waals surface area contributed by atoms with Crippen LogP contribution < -0.4 is 10.6 Å². The summed E-state index contributed by atoms with van der Waals surface area (Å²) in [7, 11) is 0. The summed E-state index contributed by atoms with van der Waals surface area (Å²) < 4.78 is 0. The molecule has 0 saturated heterocycles. The molecule has 144 valence electrons. The molecule has 0 unspecified atom stereocenters. The fourth-order valence-corrected chi connectivity index (χ4v) is 3.11. The van der Waals surface area contributed by atoms with Gasteiger partial charge in [0.15, 0.2) is 0 Å². The third-order valence-electron chi connectivity index (χ3n) is 4.67. The molecule has 0 atom stereocenters. The second-order valence-corrected chi connectivity index (χ2v) is 6.76. The number of carbonyl (C=O) groups is 1. The van der Waals surface area contributed by atoms with E-state index in [0.29, 0.717) is 5.82 Å². The SMILES string of the molecule is CCC(CC)C(=O)Nc1cccc(Nc2cc(-c3ccccc3)nc(C)n2)c1. The summed E-state index contributed by atoms with van der Waals surface area (Å²) >= 11 is 0. The van der Waals surface area contributed by atoms with Crippen LogP contribution in [0.1, 0.15) is 32.5 Å². The monoisotopic (exact) mass is 374 g/mol. The van der Waals surface area contributed by atoms with Crippen LogP contribution in [-0.2, 0) is 4.79 Å². The minimum absolute atomic E-state index is 0.0366. The molecule has 1 amide bonds. The second-order valence-electron chi connectivity index (χ2n) is 6.76. The molecule has 28 heavy (non-hydrogen) atoms. The lowest BCUT2D eigenvalue weighted by Gasteiger charge is -2.14. The average Bonchev–Trinajstić information content (AvgIpc) is 2.69. The van der Waals surface area contributed by atoms with Gasteiger partial charge in [0.2, 0.25) is 5.91 Å². The van der Waals surface area contributed by atoms with Crippen LogP contribution in [0, 0.1) is 12.8 Å². The van der Waals surface area contributed by atoms with Crippen LogP contribution >= 0.6 is 0 Å². The standard InChI is InChI=1S/C23H26N4O/c1-4-17(5-2)23(28)27-20-13-9-12-19(14-20)26-22-15-21(24-16(3)25-22)18-10-7-6-8-11-18/h6-15,17H,4-5H2,1-3H3,(H,27,28)(H,24,25,26). The van der Waals surface area contributed by atoms with Crippen molar-refractivity contribution in [2.24, 2.45) is 5.92 Å². The second kappa shape index (κ2) is 9.13. The van der Waals surface area contributed by atoms with Gasteiger partial charge in [-0.05, 0) is 38.0 Å². The van der Waals surface area contributed by atoms with Crippen LogP contribution in [-0.4, -0.2) is 15.9 Å². The van der Waals surface area contributed by atoms with Gasteiger partial charge in [-0.3, -0.25) is 4.79 Å². The molecule has 0 aliphatic heterocycles. The van der Waals surface area contributed by atoms with Crippen molar-refractivity contribution in [1.82, 2.24) is 9.97 Å². The predicted molar refractivity (Wildman–Crippen MR) is 115 cm³/mol. The molecule has 0 saturated carbocycles. The molecule has 0 fully saturated rings. The number of nitrogens with zero attached hydrogens (tertiary/aromatic N) is 2. The van der Waals surface area contributed by atoms with E-state index in [9.17, 15) is 4.79 Å². The van der Waals surface area contributed by atoms with E-state index in [1.165, 1.54) is 0 Å². The molecule has 0 spiro atoms. The number of aromatic nitrogens is 2. The van der Waals surface area contributed by atoms with Crippen molar-refractivity contribution in [1.29, 1.82) is 0 Å². The van der Waals surface area contributed by atoms with E-state index in [1.54, 1.807) is 0 Å². The summed E-state index contributed by atoms with van der Waals surface area (Å²) in [4.78, 5) is 21.4. The minimum Gasteiger partial charge on any atom is -0.340 e. The smallest absolute Gasteiger partial charge is 0.227 e. The topological polar surface area (TPSA) is 66.9 Å². The Balaban J connectivity index is 1.79. The maximum absolute atomic E-state index is 12.3. The van der Waals surface area contributed by atoms with Crippen LogP contribution in [0.2, 0.25) is 0 Å². The van der Waals surface area contributed by atoms with Crippen LogP contribution in [0.5, 0.6) is 0 Å². The molecular weight excluding hydrogens is 348 g/mol. The van der Waals surface area contributed by atoms with Gasteiger partial charge in [0.25, 0.3) is 0 Å². The number of hydrogen-bond acceptors (Lipinski definition) is 4. The van der Waals surface area contributed by atoms with Crippen LogP contribution in [0.25, 0.3) is 11.3 Å². The molecule has 2 N–H and O–H groups in total. The number of aryl methyl sites for hydroxylation is 1. The van der Waals surface area contributed by atoms with Gasteiger partial charge >= 0.3 is 0 Å². The van der Waals surface area contributed by atoms with E-state index in [2.05, 4.69) is 20.6 Å². The molecule has 3 rings (SSSR count). The highest BCUT2D eigenvalue weighted by molar-refractivity contribution is 5.93. The zero-order valence-electron chi connectivity index (χ0n) is 16.6. The third-order valence-corrected chi connectivity index (χ3v) is 4.67. The molecule has 0 radical (unpaired) electrons. The molecule has 2 aromatic carbocycles. The minimum atomic E-state index is 0.0366. The van der Waals surface area contributed by atoms with Crippen LogP contribution in [0.15, 0.2) is 60.7 Å². The molecular formula is C23H26N4O. The first-order valence-electron chi connectivity index (χ1n) is 9.68. The fourth-order valence-electron chi connectivity index (χ4n) is 3.11. The molecule has 1 aromatic heterocycles. The average molecular weight is 374 g/mol. The Labute approximate surface area is 166 Å². The quantitative estimate of drug-likeness (QED) is 0.567. The van der Waals surface area contributed by atoms with Crippen molar-refractivity contribution in [3.8, 4) is 11.3 Å².